The van der Waals surface area contributed by atoms with E-state index in [0.717, 1.165) is 48.8 Å². The van der Waals surface area contributed by atoms with Crippen molar-refractivity contribution in [3.05, 3.63) is 70.0 Å². The summed E-state index contributed by atoms with van der Waals surface area (Å²) in [4.78, 5) is 4.30. The second kappa shape index (κ2) is 7.55. The first-order chi connectivity index (χ1) is 18.5. The average Bonchev–Trinajstić information content (AvgIpc) is 3.07. The van der Waals surface area contributed by atoms with Crippen LogP contribution in [0.4, 0.5) is 23.2 Å². The summed E-state index contributed by atoms with van der Waals surface area (Å²) >= 11 is 6.38. The molecular weight excluding hydrogens is 530 g/mol. The number of aryl methyl sites for hydroxylation is 1. The van der Waals surface area contributed by atoms with Crippen LogP contribution in [0, 0.1) is 23.6 Å². The Morgan fingerprint density at radius 3 is 2.44 bits per heavy atom. The van der Waals surface area contributed by atoms with Crippen molar-refractivity contribution in [2.75, 3.05) is 18.0 Å². The Kier molecular flexibility index (Phi) is 4.68. The van der Waals surface area contributed by atoms with Crippen LogP contribution in [0.25, 0.3) is 5.69 Å². The van der Waals surface area contributed by atoms with Crippen molar-refractivity contribution in [2.24, 2.45) is 10.8 Å². The lowest BCUT2D eigenvalue weighted by Crippen LogP contribution is -2.78. The number of fused-ring (bicyclic) bond motifs is 3. The molecule has 1 aromatic heterocycles. The highest BCUT2D eigenvalue weighted by Crippen LogP contribution is 2.75. The summed E-state index contributed by atoms with van der Waals surface area (Å²) in [5.41, 5.74) is 1.51. The first kappa shape index (κ1) is 24.2. The quantitative estimate of drug-likeness (QED) is 0.342. The Bertz CT molecular complexity index is 1500. The maximum absolute atomic E-state index is 14.6. The first-order valence-electron chi connectivity index (χ1n) is 13.6. The summed E-state index contributed by atoms with van der Waals surface area (Å²) in [6, 6.07) is 11.3. The van der Waals surface area contributed by atoms with Crippen LogP contribution in [0.3, 0.4) is 0 Å². The predicted molar refractivity (Wildman–Crippen MR) is 138 cm³/mol. The summed E-state index contributed by atoms with van der Waals surface area (Å²) in [6.07, 6.45) is -1.76. The second-order valence-corrected chi connectivity index (χ2v) is 13.3. The Morgan fingerprint density at radius 2 is 1.72 bits per heavy atom. The van der Waals surface area contributed by atoms with Gasteiger partial charge in [0, 0.05) is 41.5 Å². The summed E-state index contributed by atoms with van der Waals surface area (Å²) in [5, 5.41) is 9.82. The van der Waals surface area contributed by atoms with E-state index in [-0.39, 0.29) is 36.4 Å². The number of alkyl halides is 3. The molecule has 10 heteroatoms. The second-order valence-electron chi connectivity index (χ2n) is 12.8. The molecule has 3 aromatic rings. The zero-order chi connectivity index (χ0) is 26.9. The Balaban J connectivity index is 1.05. The van der Waals surface area contributed by atoms with Gasteiger partial charge in [0.05, 0.1) is 23.3 Å². The molecule has 1 saturated heterocycles. The van der Waals surface area contributed by atoms with Gasteiger partial charge in [-0.3, -0.25) is 9.47 Å². The Labute approximate surface area is 228 Å². The molecule has 3 heterocycles. The van der Waals surface area contributed by atoms with Gasteiger partial charge in [-0.15, -0.1) is 10.2 Å². The summed E-state index contributed by atoms with van der Waals surface area (Å²) in [7, 11) is 0. The number of anilines is 1. The molecule has 0 atom stereocenters. The molecule has 5 nitrogen and oxygen atoms in total. The molecule has 0 radical (unpaired) electrons. The van der Waals surface area contributed by atoms with Crippen molar-refractivity contribution in [1.82, 2.24) is 19.7 Å². The lowest BCUT2D eigenvalue weighted by Gasteiger charge is -2.73. The third kappa shape index (κ3) is 3.23. The molecule has 2 bridgehead atoms. The van der Waals surface area contributed by atoms with Gasteiger partial charge in [0.25, 0.3) is 0 Å². The summed E-state index contributed by atoms with van der Waals surface area (Å²) < 4.78 is 57.5. The molecule has 0 amide bonds. The maximum Gasteiger partial charge on any atom is 0.394 e. The van der Waals surface area contributed by atoms with Crippen molar-refractivity contribution >= 4 is 17.3 Å². The van der Waals surface area contributed by atoms with Gasteiger partial charge in [-0.1, -0.05) is 23.7 Å². The van der Waals surface area contributed by atoms with Crippen LogP contribution in [-0.2, 0) is 13.1 Å². The fraction of sp³-hybridized carbons (Fsp3) is 0.517. The number of benzene rings is 2. The van der Waals surface area contributed by atoms with Crippen molar-refractivity contribution in [3.8, 4) is 5.69 Å². The molecule has 39 heavy (non-hydrogen) atoms. The Hall–Kier alpha value is -2.65. The molecule has 2 aliphatic heterocycles. The standard InChI is InChI=1S/C29H28ClF4N5/c1-17-3-2-4-22(24(17)31)37-15-26(16-37)8-19(9-26)25-36-35-23-11-38(28-12-27(13-28,14-28)29(32,33)34)10-18-7-20(30)5-6-21(18)39(23)25/h2-7,19H,8-16H2,1H3. The first-order valence-corrected chi connectivity index (χ1v) is 13.9. The number of hydrogen-bond donors (Lipinski definition) is 0. The van der Waals surface area contributed by atoms with Gasteiger partial charge < -0.3 is 4.90 Å². The smallest absolute Gasteiger partial charge is 0.368 e. The minimum Gasteiger partial charge on any atom is -0.368 e. The molecule has 2 aromatic carbocycles. The van der Waals surface area contributed by atoms with Crippen LogP contribution < -0.4 is 4.90 Å². The van der Waals surface area contributed by atoms with Crippen LogP contribution in [0.2, 0.25) is 5.02 Å². The lowest BCUT2D eigenvalue weighted by molar-refractivity contribution is -0.364. The van der Waals surface area contributed by atoms with Crippen LogP contribution in [0.1, 0.15) is 60.8 Å². The summed E-state index contributed by atoms with van der Waals surface area (Å²) in [5.74, 6) is 1.77. The van der Waals surface area contributed by atoms with Crippen molar-refractivity contribution in [1.29, 1.82) is 0 Å². The number of aromatic nitrogens is 3. The van der Waals surface area contributed by atoms with Crippen molar-refractivity contribution in [2.45, 2.75) is 69.8 Å². The SMILES string of the molecule is Cc1cccc(N2CC3(CC(c4nnc5n4-c4ccc(Cl)cc4CN(C46CC(C(F)(F)F)(C4)C6)C5)C3)C2)c1F. The van der Waals surface area contributed by atoms with Gasteiger partial charge in [0.2, 0.25) is 0 Å². The monoisotopic (exact) mass is 557 g/mol. The van der Waals surface area contributed by atoms with Gasteiger partial charge in [-0.25, -0.2) is 4.39 Å². The third-order valence-corrected chi connectivity index (χ3v) is 10.5. The van der Waals surface area contributed by atoms with E-state index in [1.165, 1.54) is 0 Å². The van der Waals surface area contributed by atoms with E-state index in [4.69, 9.17) is 11.6 Å². The van der Waals surface area contributed by atoms with Gasteiger partial charge in [0.15, 0.2) is 5.82 Å². The Morgan fingerprint density at radius 1 is 0.974 bits per heavy atom. The van der Waals surface area contributed by atoms with E-state index >= 15 is 0 Å². The highest BCUT2D eigenvalue weighted by molar-refractivity contribution is 6.30. The highest BCUT2D eigenvalue weighted by Gasteiger charge is 2.80. The topological polar surface area (TPSA) is 37.2 Å². The van der Waals surface area contributed by atoms with E-state index in [1.807, 2.05) is 30.3 Å². The van der Waals surface area contributed by atoms with Crippen molar-refractivity contribution in [3.63, 3.8) is 0 Å². The molecule has 204 valence electrons. The molecule has 5 fully saturated rings. The zero-order valence-corrected chi connectivity index (χ0v) is 22.3. The molecule has 4 saturated carbocycles. The van der Waals surface area contributed by atoms with Crippen LogP contribution in [0.15, 0.2) is 36.4 Å². The van der Waals surface area contributed by atoms with Gasteiger partial charge in [-0.2, -0.15) is 13.2 Å². The average molecular weight is 558 g/mol. The maximum atomic E-state index is 14.6. The number of halogens is 5. The van der Waals surface area contributed by atoms with E-state index in [0.29, 0.717) is 29.4 Å². The fourth-order valence-corrected chi connectivity index (χ4v) is 8.43. The normalized spacial score (nSPS) is 29.0. The molecular formula is C29H28ClF4N5. The van der Waals surface area contributed by atoms with E-state index in [2.05, 4.69) is 24.6 Å². The minimum atomic E-state index is -4.14. The van der Waals surface area contributed by atoms with Gasteiger partial charge in [-0.05, 0) is 74.4 Å². The molecule has 9 rings (SSSR count). The molecule has 0 unspecified atom stereocenters. The summed E-state index contributed by atoms with van der Waals surface area (Å²) in [6.45, 7) is 4.45. The van der Waals surface area contributed by atoms with Crippen LogP contribution in [-0.4, -0.2) is 44.5 Å². The molecule has 6 aliphatic rings. The third-order valence-electron chi connectivity index (χ3n) is 10.3. The van der Waals surface area contributed by atoms with Crippen LogP contribution in [0.5, 0.6) is 0 Å². The van der Waals surface area contributed by atoms with E-state index in [1.54, 1.807) is 13.0 Å². The number of rotatable bonds is 3. The number of nitrogens with zero attached hydrogens (tertiary/aromatic N) is 5. The van der Waals surface area contributed by atoms with E-state index in [9.17, 15) is 17.6 Å². The van der Waals surface area contributed by atoms with Gasteiger partial charge >= 0.3 is 6.18 Å². The molecule has 0 N–H and O–H groups in total. The highest BCUT2D eigenvalue weighted by atomic mass is 35.5. The molecule has 1 spiro atoms. The largest absolute Gasteiger partial charge is 0.394 e. The predicted octanol–water partition coefficient (Wildman–Crippen LogP) is 6.55. The minimum absolute atomic E-state index is 0.143. The molecule has 4 aliphatic carbocycles. The lowest BCUT2D eigenvalue weighted by atomic mass is 9.38. The van der Waals surface area contributed by atoms with E-state index < -0.39 is 17.1 Å². The fourth-order valence-electron chi connectivity index (χ4n) is 8.23. The van der Waals surface area contributed by atoms with Crippen LogP contribution >= 0.6 is 11.6 Å². The van der Waals surface area contributed by atoms with Gasteiger partial charge in [0.1, 0.15) is 11.6 Å². The number of hydrogen-bond acceptors (Lipinski definition) is 4. The zero-order valence-electron chi connectivity index (χ0n) is 21.5. The van der Waals surface area contributed by atoms with Crippen molar-refractivity contribution < 1.29 is 17.6 Å².